The van der Waals surface area contributed by atoms with E-state index in [9.17, 15) is 0 Å². The highest BCUT2D eigenvalue weighted by Crippen LogP contribution is 2.48. The van der Waals surface area contributed by atoms with Crippen molar-refractivity contribution in [2.75, 3.05) is 18.5 Å². The van der Waals surface area contributed by atoms with Gasteiger partial charge in [-0.1, -0.05) is 11.6 Å². The smallest absolute Gasteiger partial charge is 0.170 e. The first kappa shape index (κ1) is 14.7. The highest BCUT2D eigenvalue weighted by molar-refractivity contribution is 9.10. The Balaban J connectivity index is 1.71. The number of anilines is 1. The molecule has 2 aliphatic rings. The summed E-state index contributed by atoms with van der Waals surface area (Å²) in [6, 6.07) is 5.83. The van der Waals surface area contributed by atoms with Gasteiger partial charge in [-0.2, -0.15) is 0 Å². The molecule has 0 radical (unpaired) electrons. The average molecular weight is 352 g/mol. The maximum absolute atomic E-state index is 8.74. The van der Waals surface area contributed by atoms with E-state index in [1.807, 2.05) is 18.2 Å². The maximum atomic E-state index is 8.74. The maximum Gasteiger partial charge on any atom is 0.170 e. The minimum Gasteiger partial charge on any atom is -0.409 e. The molecule has 5 heteroatoms. The molecule has 1 aromatic carbocycles. The van der Waals surface area contributed by atoms with Gasteiger partial charge in [0.15, 0.2) is 5.84 Å². The Kier molecular flexibility index (Phi) is 4.11. The van der Waals surface area contributed by atoms with Gasteiger partial charge in [-0.05, 0) is 71.1 Å². The molecule has 0 amide bonds. The van der Waals surface area contributed by atoms with Gasteiger partial charge >= 0.3 is 0 Å². The Morgan fingerprint density at radius 1 is 1.43 bits per heavy atom. The van der Waals surface area contributed by atoms with Gasteiger partial charge < -0.3 is 15.8 Å². The van der Waals surface area contributed by atoms with E-state index in [-0.39, 0.29) is 5.84 Å². The number of hydrogen-bond donors (Lipinski definition) is 2. The van der Waals surface area contributed by atoms with Crippen molar-refractivity contribution < 1.29 is 5.21 Å². The standard InChI is InChI=1S/C16H22BrN3O/c1-20(9-13-7-10-2-3-11(13)6-10)15-5-4-12(8-14(15)17)16(18)19-21/h4-5,8,10-11,13,21H,2-3,6-7,9H2,1H3,(H2,18,19). The van der Waals surface area contributed by atoms with Crippen LogP contribution in [0.15, 0.2) is 27.8 Å². The van der Waals surface area contributed by atoms with Crippen molar-refractivity contribution in [3.63, 3.8) is 0 Å². The Labute approximate surface area is 134 Å². The number of fused-ring (bicyclic) bond motifs is 2. The van der Waals surface area contributed by atoms with Crippen molar-refractivity contribution in [2.45, 2.75) is 25.7 Å². The van der Waals surface area contributed by atoms with Crippen LogP contribution in [0, 0.1) is 17.8 Å². The third-order valence-electron chi connectivity index (χ3n) is 5.16. The number of benzene rings is 1. The van der Waals surface area contributed by atoms with Crippen LogP contribution in [0.2, 0.25) is 0 Å². The molecule has 0 aliphatic heterocycles. The molecular formula is C16H22BrN3O. The highest BCUT2D eigenvalue weighted by atomic mass is 79.9. The number of halogens is 1. The van der Waals surface area contributed by atoms with Crippen LogP contribution >= 0.6 is 15.9 Å². The van der Waals surface area contributed by atoms with Crippen molar-refractivity contribution in [1.29, 1.82) is 0 Å². The zero-order valence-corrected chi connectivity index (χ0v) is 13.9. The minimum atomic E-state index is 0.137. The predicted octanol–water partition coefficient (Wildman–Crippen LogP) is 3.42. The zero-order chi connectivity index (χ0) is 15.0. The van der Waals surface area contributed by atoms with Crippen LogP contribution in [0.3, 0.4) is 0 Å². The van der Waals surface area contributed by atoms with Crippen LogP contribution in [0.1, 0.15) is 31.2 Å². The molecule has 3 N–H and O–H groups in total. The molecule has 114 valence electrons. The first-order chi connectivity index (χ1) is 10.1. The number of amidine groups is 1. The summed E-state index contributed by atoms with van der Waals surface area (Å²) < 4.78 is 0.984. The zero-order valence-electron chi connectivity index (χ0n) is 12.3. The predicted molar refractivity (Wildman–Crippen MR) is 88.9 cm³/mol. The van der Waals surface area contributed by atoms with E-state index in [0.717, 1.165) is 40.0 Å². The monoisotopic (exact) mass is 351 g/mol. The summed E-state index contributed by atoms with van der Waals surface area (Å²) in [5, 5.41) is 11.8. The van der Waals surface area contributed by atoms with Crippen molar-refractivity contribution in [1.82, 2.24) is 0 Å². The van der Waals surface area contributed by atoms with Gasteiger partial charge in [0.2, 0.25) is 0 Å². The van der Waals surface area contributed by atoms with Crippen molar-refractivity contribution in [3.05, 3.63) is 28.2 Å². The van der Waals surface area contributed by atoms with Crippen LogP contribution in [0.25, 0.3) is 0 Å². The lowest BCUT2D eigenvalue weighted by atomic mass is 9.88. The van der Waals surface area contributed by atoms with Crippen molar-refractivity contribution >= 4 is 27.5 Å². The molecule has 2 saturated carbocycles. The van der Waals surface area contributed by atoms with E-state index >= 15 is 0 Å². The molecule has 3 rings (SSSR count). The third-order valence-corrected chi connectivity index (χ3v) is 5.79. The fraction of sp³-hybridized carbons (Fsp3) is 0.562. The van der Waals surface area contributed by atoms with Crippen molar-refractivity contribution in [2.24, 2.45) is 28.6 Å². The van der Waals surface area contributed by atoms with E-state index in [0.29, 0.717) is 0 Å². The van der Waals surface area contributed by atoms with Crippen LogP contribution in [-0.4, -0.2) is 24.6 Å². The number of oxime groups is 1. The SMILES string of the molecule is CN(CC1CC2CCC1C2)c1ccc(/C(N)=N/O)cc1Br. The van der Waals surface area contributed by atoms with Gasteiger partial charge in [0, 0.05) is 23.6 Å². The second-order valence-corrected chi connectivity index (χ2v) is 7.32. The van der Waals surface area contributed by atoms with E-state index in [2.05, 4.69) is 33.0 Å². The van der Waals surface area contributed by atoms with E-state index in [4.69, 9.17) is 10.9 Å². The van der Waals surface area contributed by atoms with Crippen LogP contribution in [-0.2, 0) is 0 Å². The van der Waals surface area contributed by atoms with Gasteiger partial charge in [0.05, 0.1) is 5.69 Å². The summed E-state index contributed by atoms with van der Waals surface area (Å²) in [6.07, 6.45) is 5.72. The summed E-state index contributed by atoms with van der Waals surface area (Å²) in [6.45, 7) is 1.11. The lowest BCUT2D eigenvalue weighted by Crippen LogP contribution is -2.28. The van der Waals surface area contributed by atoms with E-state index in [1.165, 1.54) is 25.7 Å². The van der Waals surface area contributed by atoms with Crippen LogP contribution < -0.4 is 10.6 Å². The molecule has 0 aromatic heterocycles. The summed E-state index contributed by atoms with van der Waals surface area (Å²) in [7, 11) is 2.15. The molecule has 1 aromatic rings. The Morgan fingerprint density at radius 2 is 2.24 bits per heavy atom. The number of nitrogens with zero attached hydrogens (tertiary/aromatic N) is 2. The summed E-state index contributed by atoms with van der Waals surface area (Å²) in [5.74, 6) is 2.90. The molecule has 2 bridgehead atoms. The second kappa shape index (κ2) is 5.87. The first-order valence-corrected chi connectivity index (χ1v) is 8.36. The van der Waals surface area contributed by atoms with Crippen LogP contribution in [0.4, 0.5) is 5.69 Å². The molecule has 2 fully saturated rings. The van der Waals surface area contributed by atoms with Crippen molar-refractivity contribution in [3.8, 4) is 0 Å². The largest absolute Gasteiger partial charge is 0.409 e. The molecule has 3 atom stereocenters. The highest BCUT2D eigenvalue weighted by Gasteiger charge is 2.39. The molecular weight excluding hydrogens is 330 g/mol. The molecule has 2 aliphatic carbocycles. The van der Waals surface area contributed by atoms with Crippen LogP contribution in [0.5, 0.6) is 0 Å². The number of hydrogen-bond acceptors (Lipinski definition) is 3. The number of rotatable bonds is 4. The molecule has 0 heterocycles. The van der Waals surface area contributed by atoms with Gasteiger partial charge in [-0.25, -0.2) is 0 Å². The van der Waals surface area contributed by atoms with Gasteiger partial charge in [0.25, 0.3) is 0 Å². The Hall–Kier alpha value is -1.23. The normalized spacial score (nSPS) is 28.1. The molecule has 3 unspecified atom stereocenters. The van der Waals surface area contributed by atoms with E-state index < -0.39 is 0 Å². The van der Waals surface area contributed by atoms with Gasteiger partial charge in [0.1, 0.15) is 0 Å². The summed E-state index contributed by atoms with van der Waals surface area (Å²) in [5.41, 5.74) is 7.51. The summed E-state index contributed by atoms with van der Waals surface area (Å²) in [4.78, 5) is 2.32. The Bertz CT molecular complexity index is 560. The third kappa shape index (κ3) is 2.89. The van der Waals surface area contributed by atoms with E-state index in [1.54, 1.807) is 0 Å². The average Bonchev–Trinajstić information content (AvgIpc) is 3.08. The molecule has 0 spiro atoms. The molecule has 0 saturated heterocycles. The fourth-order valence-corrected chi connectivity index (χ4v) is 4.77. The molecule has 4 nitrogen and oxygen atoms in total. The fourth-order valence-electron chi connectivity index (χ4n) is 4.08. The quantitative estimate of drug-likeness (QED) is 0.378. The Morgan fingerprint density at radius 3 is 2.81 bits per heavy atom. The lowest BCUT2D eigenvalue weighted by Gasteiger charge is -2.29. The van der Waals surface area contributed by atoms with Gasteiger partial charge in [-0.3, -0.25) is 0 Å². The van der Waals surface area contributed by atoms with Gasteiger partial charge in [-0.15, -0.1) is 0 Å². The minimum absolute atomic E-state index is 0.137. The first-order valence-electron chi connectivity index (χ1n) is 7.57. The molecule has 21 heavy (non-hydrogen) atoms. The lowest BCUT2D eigenvalue weighted by molar-refractivity contribution is 0.318. The number of nitrogens with two attached hydrogens (primary N) is 1. The second-order valence-electron chi connectivity index (χ2n) is 6.47. The summed E-state index contributed by atoms with van der Waals surface area (Å²) >= 11 is 3.60. The topological polar surface area (TPSA) is 61.8 Å².